The van der Waals surface area contributed by atoms with Gasteiger partial charge in [-0.15, -0.1) is 0 Å². The topological polar surface area (TPSA) is 29.9 Å². The first-order valence-electron chi connectivity index (χ1n) is 7.52. The van der Waals surface area contributed by atoms with Gasteiger partial charge in [0.2, 0.25) is 0 Å². The third-order valence-corrected chi connectivity index (χ3v) is 3.64. The Labute approximate surface area is 132 Å². The number of hydrogen-bond acceptors (Lipinski definition) is 2. The molecule has 2 aromatic rings. The van der Waals surface area contributed by atoms with E-state index in [1.54, 1.807) is 0 Å². The molecule has 2 rings (SSSR count). The monoisotopic (exact) mass is 305 g/mol. The standard InChI is InChI=1S/C17H24ClN3/c1-12(2)10-19-11-14-5-6-17(15(18)9-14)21-8-7-16(20-21)13(3)4/h5-9,12-13,19H,10-11H2,1-4H3. The molecule has 0 bridgehead atoms. The number of aromatic nitrogens is 2. The lowest BCUT2D eigenvalue weighted by Crippen LogP contribution is -2.18. The summed E-state index contributed by atoms with van der Waals surface area (Å²) in [6, 6.07) is 8.19. The molecular formula is C17H24ClN3. The molecule has 0 saturated carbocycles. The molecule has 0 aliphatic rings. The molecule has 3 nitrogen and oxygen atoms in total. The summed E-state index contributed by atoms with van der Waals surface area (Å²) in [5.74, 6) is 1.07. The van der Waals surface area contributed by atoms with E-state index in [1.165, 1.54) is 5.56 Å². The molecule has 0 fully saturated rings. The Balaban J connectivity index is 2.11. The molecule has 1 N–H and O–H groups in total. The van der Waals surface area contributed by atoms with Crippen LogP contribution >= 0.6 is 11.6 Å². The minimum Gasteiger partial charge on any atom is -0.312 e. The molecular weight excluding hydrogens is 282 g/mol. The van der Waals surface area contributed by atoms with E-state index in [1.807, 2.05) is 29.1 Å². The Hall–Kier alpha value is -1.32. The molecule has 0 aliphatic carbocycles. The van der Waals surface area contributed by atoms with E-state index in [-0.39, 0.29) is 0 Å². The van der Waals surface area contributed by atoms with Crippen LogP contribution in [0.25, 0.3) is 5.69 Å². The second kappa shape index (κ2) is 7.10. The van der Waals surface area contributed by atoms with Crippen LogP contribution in [-0.4, -0.2) is 16.3 Å². The van der Waals surface area contributed by atoms with Gasteiger partial charge in [-0.2, -0.15) is 5.10 Å². The summed E-state index contributed by atoms with van der Waals surface area (Å²) in [5, 5.41) is 8.73. The summed E-state index contributed by atoms with van der Waals surface area (Å²) in [5.41, 5.74) is 3.20. The van der Waals surface area contributed by atoms with E-state index < -0.39 is 0 Å². The highest BCUT2D eigenvalue weighted by Gasteiger charge is 2.08. The molecule has 0 aliphatic heterocycles. The van der Waals surface area contributed by atoms with E-state index in [4.69, 9.17) is 11.6 Å². The third kappa shape index (κ3) is 4.32. The van der Waals surface area contributed by atoms with Crippen molar-refractivity contribution in [2.45, 2.75) is 40.2 Å². The van der Waals surface area contributed by atoms with Crippen molar-refractivity contribution in [1.29, 1.82) is 0 Å². The predicted molar refractivity (Wildman–Crippen MR) is 89.2 cm³/mol. The van der Waals surface area contributed by atoms with Crippen LogP contribution in [0.4, 0.5) is 0 Å². The van der Waals surface area contributed by atoms with Gasteiger partial charge in [0.1, 0.15) is 0 Å². The van der Waals surface area contributed by atoms with Gasteiger partial charge in [-0.3, -0.25) is 0 Å². The lowest BCUT2D eigenvalue weighted by molar-refractivity contribution is 0.552. The molecule has 4 heteroatoms. The molecule has 21 heavy (non-hydrogen) atoms. The third-order valence-electron chi connectivity index (χ3n) is 3.34. The fraction of sp³-hybridized carbons (Fsp3) is 0.471. The van der Waals surface area contributed by atoms with Crippen molar-refractivity contribution in [2.24, 2.45) is 5.92 Å². The Morgan fingerprint density at radius 3 is 2.52 bits per heavy atom. The minimum absolute atomic E-state index is 0.421. The molecule has 1 aromatic carbocycles. The van der Waals surface area contributed by atoms with E-state index in [2.05, 4.69) is 44.2 Å². The maximum Gasteiger partial charge on any atom is 0.0832 e. The molecule has 0 spiro atoms. The van der Waals surface area contributed by atoms with Crippen LogP contribution in [0.1, 0.15) is 44.9 Å². The SMILES string of the molecule is CC(C)CNCc1ccc(-n2ccc(C(C)C)n2)c(Cl)c1. The number of rotatable bonds is 6. The predicted octanol–water partition coefficient (Wildman–Crippen LogP) is 4.39. The van der Waals surface area contributed by atoms with Crippen LogP contribution in [0.15, 0.2) is 30.5 Å². The van der Waals surface area contributed by atoms with Gasteiger partial charge < -0.3 is 5.32 Å². The molecule has 0 amide bonds. The van der Waals surface area contributed by atoms with E-state index in [0.29, 0.717) is 11.8 Å². The van der Waals surface area contributed by atoms with Crippen LogP contribution in [0.5, 0.6) is 0 Å². The molecule has 0 saturated heterocycles. The van der Waals surface area contributed by atoms with E-state index in [9.17, 15) is 0 Å². The zero-order valence-corrected chi connectivity index (χ0v) is 14.0. The number of nitrogens with one attached hydrogen (secondary N) is 1. The van der Waals surface area contributed by atoms with Gasteiger partial charge in [-0.05, 0) is 42.1 Å². The van der Waals surface area contributed by atoms with Gasteiger partial charge in [-0.1, -0.05) is 45.4 Å². The summed E-state index contributed by atoms with van der Waals surface area (Å²) >= 11 is 6.41. The minimum atomic E-state index is 0.421. The van der Waals surface area contributed by atoms with Crippen molar-refractivity contribution in [3.8, 4) is 5.69 Å². The Morgan fingerprint density at radius 1 is 1.19 bits per heavy atom. The first-order chi connectivity index (χ1) is 9.97. The molecule has 114 valence electrons. The maximum atomic E-state index is 6.41. The van der Waals surface area contributed by atoms with Gasteiger partial charge >= 0.3 is 0 Å². The smallest absolute Gasteiger partial charge is 0.0832 e. The summed E-state index contributed by atoms with van der Waals surface area (Å²) < 4.78 is 1.85. The Bertz CT molecular complexity index is 587. The van der Waals surface area contributed by atoms with Crippen molar-refractivity contribution >= 4 is 11.6 Å². The largest absolute Gasteiger partial charge is 0.312 e. The van der Waals surface area contributed by atoms with E-state index in [0.717, 1.165) is 29.5 Å². The highest BCUT2D eigenvalue weighted by atomic mass is 35.5. The number of nitrogens with zero attached hydrogens (tertiary/aromatic N) is 2. The van der Waals surface area contributed by atoms with Crippen LogP contribution in [0.3, 0.4) is 0 Å². The summed E-state index contributed by atoms with van der Waals surface area (Å²) in [6.07, 6.45) is 1.97. The van der Waals surface area contributed by atoms with Crippen LogP contribution in [0, 0.1) is 5.92 Å². The highest BCUT2D eigenvalue weighted by molar-refractivity contribution is 6.32. The molecule has 0 radical (unpaired) electrons. The Kier molecular flexibility index (Phi) is 5.43. The van der Waals surface area contributed by atoms with Gasteiger partial charge in [0, 0.05) is 12.7 Å². The summed E-state index contributed by atoms with van der Waals surface area (Å²) in [4.78, 5) is 0. The lowest BCUT2D eigenvalue weighted by atomic mass is 10.1. The highest BCUT2D eigenvalue weighted by Crippen LogP contribution is 2.23. The lowest BCUT2D eigenvalue weighted by Gasteiger charge is -2.10. The van der Waals surface area contributed by atoms with Gasteiger partial charge in [0.15, 0.2) is 0 Å². The number of hydrogen-bond donors (Lipinski definition) is 1. The van der Waals surface area contributed by atoms with Crippen LogP contribution in [0.2, 0.25) is 5.02 Å². The average Bonchev–Trinajstić information content (AvgIpc) is 2.88. The first kappa shape index (κ1) is 16.1. The van der Waals surface area contributed by atoms with Crippen LogP contribution in [-0.2, 0) is 6.54 Å². The van der Waals surface area contributed by atoms with Crippen molar-refractivity contribution in [3.05, 3.63) is 46.7 Å². The molecule has 0 atom stereocenters. The van der Waals surface area contributed by atoms with Crippen molar-refractivity contribution in [1.82, 2.24) is 15.1 Å². The van der Waals surface area contributed by atoms with Gasteiger partial charge in [-0.25, -0.2) is 4.68 Å². The quantitative estimate of drug-likeness (QED) is 0.857. The summed E-state index contributed by atoms with van der Waals surface area (Å²) in [6.45, 7) is 10.5. The first-order valence-corrected chi connectivity index (χ1v) is 7.90. The van der Waals surface area contributed by atoms with Gasteiger partial charge in [0.05, 0.1) is 16.4 Å². The van der Waals surface area contributed by atoms with Crippen molar-refractivity contribution in [3.63, 3.8) is 0 Å². The molecule has 0 unspecified atom stereocenters. The van der Waals surface area contributed by atoms with Gasteiger partial charge in [0.25, 0.3) is 0 Å². The summed E-state index contributed by atoms with van der Waals surface area (Å²) in [7, 11) is 0. The fourth-order valence-electron chi connectivity index (χ4n) is 2.13. The molecule has 1 heterocycles. The Morgan fingerprint density at radius 2 is 1.95 bits per heavy atom. The number of benzene rings is 1. The second-order valence-corrected chi connectivity index (χ2v) is 6.56. The van der Waals surface area contributed by atoms with Crippen LogP contribution < -0.4 is 5.32 Å². The fourth-order valence-corrected chi connectivity index (χ4v) is 2.42. The average molecular weight is 306 g/mol. The zero-order valence-electron chi connectivity index (χ0n) is 13.2. The second-order valence-electron chi connectivity index (χ2n) is 6.15. The molecule has 1 aromatic heterocycles. The maximum absolute atomic E-state index is 6.41. The van der Waals surface area contributed by atoms with Crippen molar-refractivity contribution in [2.75, 3.05) is 6.54 Å². The van der Waals surface area contributed by atoms with E-state index >= 15 is 0 Å². The number of halogens is 1. The van der Waals surface area contributed by atoms with Crippen molar-refractivity contribution < 1.29 is 0 Å². The normalized spacial score (nSPS) is 11.6. The zero-order chi connectivity index (χ0) is 15.4.